The van der Waals surface area contributed by atoms with E-state index in [1.807, 2.05) is 46.2 Å². The van der Waals surface area contributed by atoms with Crippen molar-refractivity contribution in [2.75, 3.05) is 39.3 Å². The van der Waals surface area contributed by atoms with Crippen LogP contribution in [0.2, 0.25) is 0 Å². The van der Waals surface area contributed by atoms with E-state index in [1.54, 1.807) is 0 Å². The number of nitrogens with zero attached hydrogens (tertiary/aromatic N) is 3. The first-order chi connectivity index (χ1) is 15.2. The molecule has 2 aromatic carbocycles. The minimum absolute atomic E-state index is 0.185. The lowest BCUT2D eigenvalue weighted by Gasteiger charge is -2.38. The highest BCUT2D eigenvalue weighted by Gasteiger charge is 2.34. The Kier molecular flexibility index (Phi) is 7.36. The van der Waals surface area contributed by atoms with Gasteiger partial charge in [0.2, 0.25) is 11.8 Å². The first kappa shape index (κ1) is 21.6. The van der Waals surface area contributed by atoms with Crippen molar-refractivity contribution in [1.29, 1.82) is 0 Å². The van der Waals surface area contributed by atoms with Crippen LogP contribution < -0.4 is 0 Å². The quantitative estimate of drug-likeness (QED) is 0.690. The molecule has 1 atom stereocenters. The number of hydrogen-bond acceptors (Lipinski definition) is 3. The minimum atomic E-state index is -0.197. The Morgan fingerprint density at radius 2 is 1.32 bits per heavy atom. The van der Waals surface area contributed by atoms with Crippen LogP contribution in [0.25, 0.3) is 0 Å². The van der Waals surface area contributed by atoms with Crippen molar-refractivity contribution >= 4 is 11.8 Å². The van der Waals surface area contributed by atoms with Gasteiger partial charge in [-0.05, 0) is 49.9 Å². The second kappa shape index (κ2) is 10.6. The molecule has 0 aliphatic carbocycles. The first-order valence-corrected chi connectivity index (χ1v) is 11.6. The molecule has 5 nitrogen and oxygen atoms in total. The summed E-state index contributed by atoms with van der Waals surface area (Å²) in [6.45, 7) is 4.48. The lowest BCUT2D eigenvalue weighted by molar-refractivity contribution is -0.143. The Hall–Kier alpha value is -2.66. The maximum Gasteiger partial charge on any atom is 0.244 e. The van der Waals surface area contributed by atoms with Crippen molar-refractivity contribution in [3.05, 3.63) is 71.8 Å². The largest absolute Gasteiger partial charge is 0.339 e. The summed E-state index contributed by atoms with van der Waals surface area (Å²) in [5, 5.41) is 0. The van der Waals surface area contributed by atoms with Crippen molar-refractivity contribution in [2.45, 2.75) is 38.1 Å². The van der Waals surface area contributed by atoms with Crippen LogP contribution in [0.1, 0.15) is 42.9 Å². The van der Waals surface area contributed by atoms with E-state index in [-0.39, 0.29) is 17.9 Å². The van der Waals surface area contributed by atoms with Gasteiger partial charge in [-0.25, -0.2) is 0 Å². The summed E-state index contributed by atoms with van der Waals surface area (Å²) in [7, 11) is 0. The highest BCUT2D eigenvalue weighted by Crippen LogP contribution is 2.27. The number of likely N-dealkylation sites (tertiary alicyclic amines) is 1. The van der Waals surface area contributed by atoms with Crippen LogP contribution in [0.4, 0.5) is 0 Å². The van der Waals surface area contributed by atoms with Crippen molar-refractivity contribution in [3.63, 3.8) is 0 Å². The second-order valence-corrected chi connectivity index (χ2v) is 8.60. The third-order valence-electron chi connectivity index (χ3n) is 6.50. The molecule has 0 saturated carbocycles. The number of carbonyl (C=O) groups excluding carboxylic acids is 2. The molecule has 2 aliphatic heterocycles. The maximum atomic E-state index is 13.5. The van der Waals surface area contributed by atoms with Gasteiger partial charge in [-0.1, -0.05) is 60.7 Å². The monoisotopic (exact) mass is 419 g/mol. The normalized spacial score (nSPS) is 18.2. The molecule has 2 heterocycles. The Labute approximate surface area is 185 Å². The van der Waals surface area contributed by atoms with E-state index >= 15 is 0 Å². The van der Waals surface area contributed by atoms with Crippen LogP contribution >= 0.6 is 0 Å². The van der Waals surface area contributed by atoms with Gasteiger partial charge in [0.25, 0.3) is 0 Å². The van der Waals surface area contributed by atoms with E-state index in [0.717, 1.165) is 44.3 Å². The van der Waals surface area contributed by atoms with Gasteiger partial charge in [-0.2, -0.15) is 0 Å². The number of hydrogen-bond donors (Lipinski definition) is 0. The highest BCUT2D eigenvalue weighted by atomic mass is 16.2. The molecule has 5 heteroatoms. The summed E-state index contributed by atoms with van der Waals surface area (Å²) in [5.74, 6) is 0.395. The van der Waals surface area contributed by atoms with Gasteiger partial charge in [0.05, 0.1) is 0 Å². The fourth-order valence-corrected chi connectivity index (χ4v) is 4.74. The Morgan fingerprint density at radius 3 is 1.97 bits per heavy atom. The van der Waals surface area contributed by atoms with Crippen LogP contribution in [-0.4, -0.2) is 65.8 Å². The topological polar surface area (TPSA) is 43.9 Å². The van der Waals surface area contributed by atoms with Gasteiger partial charge < -0.3 is 9.80 Å². The van der Waals surface area contributed by atoms with Crippen molar-refractivity contribution < 1.29 is 9.59 Å². The molecule has 2 aliphatic rings. The molecular formula is C26H33N3O2. The number of piperazine rings is 1. The second-order valence-electron chi connectivity index (χ2n) is 8.60. The van der Waals surface area contributed by atoms with Gasteiger partial charge in [-0.3, -0.25) is 14.5 Å². The van der Waals surface area contributed by atoms with Crippen LogP contribution in [-0.2, 0) is 16.0 Å². The van der Waals surface area contributed by atoms with Gasteiger partial charge in [0.15, 0.2) is 0 Å². The molecule has 4 rings (SSSR count). The molecule has 0 N–H and O–H groups in total. The number of aryl methyl sites for hydroxylation is 1. The molecule has 0 radical (unpaired) electrons. The zero-order valence-electron chi connectivity index (χ0n) is 18.3. The average molecular weight is 420 g/mol. The molecule has 0 bridgehead atoms. The summed E-state index contributed by atoms with van der Waals surface area (Å²) in [6.07, 6.45) is 4.68. The molecule has 2 aromatic rings. The van der Waals surface area contributed by atoms with Crippen LogP contribution in [0, 0.1) is 0 Å². The number of carbonyl (C=O) groups is 2. The zero-order valence-corrected chi connectivity index (χ0v) is 18.3. The molecular weight excluding hydrogens is 386 g/mol. The predicted molar refractivity (Wildman–Crippen MR) is 123 cm³/mol. The third-order valence-corrected chi connectivity index (χ3v) is 6.50. The van der Waals surface area contributed by atoms with Crippen molar-refractivity contribution in [1.82, 2.24) is 14.7 Å². The van der Waals surface area contributed by atoms with E-state index in [9.17, 15) is 9.59 Å². The third kappa shape index (κ3) is 5.53. The molecule has 2 fully saturated rings. The summed E-state index contributed by atoms with van der Waals surface area (Å²) in [4.78, 5) is 32.3. The van der Waals surface area contributed by atoms with Gasteiger partial charge in [0.1, 0.15) is 6.04 Å². The van der Waals surface area contributed by atoms with Gasteiger partial charge >= 0.3 is 0 Å². The standard InChI is InChI=1S/C26H33N3O2/c30-24(15-9-12-22-10-3-1-4-11-22)27-18-20-29(21-19-27)26(31)25(28-16-7-8-17-28)23-13-5-2-6-14-23/h1-6,10-11,13-14,25H,7-9,12,15-21H2. The highest BCUT2D eigenvalue weighted by molar-refractivity contribution is 5.84. The fourth-order valence-electron chi connectivity index (χ4n) is 4.74. The molecule has 0 aromatic heterocycles. The van der Waals surface area contributed by atoms with Crippen molar-refractivity contribution in [3.8, 4) is 0 Å². The Bertz CT molecular complexity index is 841. The summed E-state index contributed by atoms with van der Waals surface area (Å²) in [5.41, 5.74) is 2.36. The number of benzene rings is 2. The Balaban J connectivity index is 1.29. The number of amides is 2. The smallest absolute Gasteiger partial charge is 0.244 e. The van der Waals surface area contributed by atoms with E-state index in [1.165, 1.54) is 5.56 Å². The first-order valence-electron chi connectivity index (χ1n) is 11.6. The maximum absolute atomic E-state index is 13.5. The minimum Gasteiger partial charge on any atom is -0.339 e. The zero-order chi connectivity index (χ0) is 21.5. The van der Waals surface area contributed by atoms with Crippen LogP contribution in [0.5, 0.6) is 0 Å². The molecule has 2 amide bonds. The van der Waals surface area contributed by atoms with E-state index in [0.29, 0.717) is 32.6 Å². The van der Waals surface area contributed by atoms with E-state index < -0.39 is 0 Å². The van der Waals surface area contributed by atoms with E-state index in [4.69, 9.17) is 0 Å². The molecule has 0 spiro atoms. The van der Waals surface area contributed by atoms with Gasteiger partial charge in [0, 0.05) is 32.6 Å². The van der Waals surface area contributed by atoms with E-state index in [2.05, 4.69) is 29.2 Å². The average Bonchev–Trinajstić information content (AvgIpc) is 3.35. The predicted octanol–water partition coefficient (Wildman–Crippen LogP) is 3.52. The summed E-state index contributed by atoms with van der Waals surface area (Å²) < 4.78 is 0. The van der Waals surface area contributed by atoms with Crippen molar-refractivity contribution in [2.24, 2.45) is 0 Å². The molecule has 164 valence electrons. The lowest BCUT2D eigenvalue weighted by atomic mass is 10.0. The fraction of sp³-hybridized carbons (Fsp3) is 0.462. The van der Waals surface area contributed by atoms with Crippen LogP contribution in [0.3, 0.4) is 0 Å². The lowest BCUT2D eigenvalue weighted by Crippen LogP contribution is -2.53. The number of rotatable bonds is 7. The van der Waals surface area contributed by atoms with Crippen LogP contribution in [0.15, 0.2) is 60.7 Å². The molecule has 2 saturated heterocycles. The SMILES string of the molecule is O=C(CCCc1ccccc1)N1CCN(C(=O)C(c2ccccc2)N2CCCC2)CC1. The molecule has 31 heavy (non-hydrogen) atoms. The Morgan fingerprint density at radius 1 is 0.742 bits per heavy atom. The van der Waals surface area contributed by atoms with Gasteiger partial charge in [-0.15, -0.1) is 0 Å². The molecule has 1 unspecified atom stereocenters. The summed E-state index contributed by atoms with van der Waals surface area (Å²) >= 11 is 0. The summed E-state index contributed by atoms with van der Waals surface area (Å²) in [6, 6.07) is 20.3.